The summed E-state index contributed by atoms with van der Waals surface area (Å²) in [7, 11) is -0.0777. The fraction of sp³-hybridized carbons (Fsp3) is 0.914. The molecule has 7 rings (SSSR count). The fourth-order valence-corrected chi connectivity index (χ4v) is 10.4. The summed E-state index contributed by atoms with van der Waals surface area (Å²) >= 11 is 0. The highest BCUT2D eigenvalue weighted by molar-refractivity contribution is 6.47. The Labute approximate surface area is 250 Å². The molecule has 6 aliphatic rings. The smallest absolute Gasteiger partial charge is 0.403 e. The first-order valence-electron chi connectivity index (χ1n) is 17.9. The molecule has 226 valence electrons. The first-order chi connectivity index (χ1) is 19.8. The third-order valence-electron chi connectivity index (χ3n) is 13.2. The number of nitrogens with zero attached hydrogens (tertiary/aromatic N) is 3. The molecule has 0 N–H and O–H groups in total. The molecule has 6 fully saturated rings. The highest BCUT2D eigenvalue weighted by atomic mass is 16.7. The largest absolute Gasteiger partial charge is 0.461 e. The van der Waals surface area contributed by atoms with Gasteiger partial charge < -0.3 is 9.31 Å². The van der Waals surface area contributed by atoms with E-state index in [9.17, 15) is 0 Å². The number of hydrogen-bond donors (Lipinski definition) is 0. The molecular weight excluding hydrogens is 505 g/mol. The number of aromatic nitrogens is 3. The summed E-state index contributed by atoms with van der Waals surface area (Å²) in [4.78, 5) is 16.4. The van der Waals surface area contributed by atoms with E-state index in [-0.39, 0.29) is 18.3 Å². The van der Waals surface area contributed by atoms with Crippen LogP contribution in [0, 0.1) is 23.7 Å². The van der Waals surface area contributed by atoms with E-state index in [1.54, 1.807) is 0 Å². The van der Waals surface area contributed by atoms with Gasteiger partial charge in [0.15, 0.2) is 0 Å². The standard InChI is InChI=1S/C35H56BN3O2/c1-34(2)35(3,4)41-36(40-34)30-27-21-13-11-19-25(27)29(26-20-12-14-22-28(26)30)33-38-31(23-15-7-5-8-16-23)37-32(39-33)24-17-9-6-10-18-24/h23-30H,5-22H2,1-4H3. The highest BCUT2D eigenvalue weighted by Gasteiger charge is 2.62. The highest BCUT2D eigenvalue weighted by Crippen LogP contribution is 2.63. The average Bonchev–Trinajstić information content (AvgIpc) is 3.22. The molecule has 1 saturated heterocycles. The average molecular weight is 562 g/mol. The van der Waals surface area contributed by atoms with Crippen molar-refractivity contribution in [1.29, 1.82) is 0 Å². The van der Waals surface area contributed by atoms with Crippen LogP contribution in [-0.4, -0.2) is 33.3 Å². The van der Waals surface area contributed by atoms with Gasteiger partial charge in [0, 0.05) is 23.6 Å². The summed E-state index contributed by atoms with van der Waals surface area (Å²) in [6, 6.07) is 0. The minimum absolute atomic E-state index is 0.0777. The van der Waals surface area contributed by atoms with Gasteiger partial charge in [-0.1, -0.05) is 77.0 Å². The second kappa shape index (κ2) is 11.5. The van der Waals surface area contributed by atoms with Gasteiger partial charge in [-0.2, -0.15) is 0 Å². The van der Waals surface area contributed by atoms with Crippen LogP contribution >= 0.6 is 0 Å². The molecule has 4 atom stereocenters. The predicted octanol–water partition coefficient (Wildman–Crippen LogP) is 9.14. The van der Waals surface area contributed by atoms with Crippen molar-refractivity contribution in [2.45, 2.75) is 178 Å². The van der Waals surface area contributed by atoms with Crippen LogP contribution in [0.2, 0.25) is 5.82 Å². The van der Waals surface area contributed by atoms with Crippen LogP contribution in [0.25, 0.3) is 0 Å². The fourth-order valence-electron chi connectivity index (χ4n) is 10.4. The summed E-state index contributed by atoms with van der Waals surface area (Å²) < 4.78 is 13.8. The van der Waals surface area contributed by atoms with Crippen LogP contribution in [0.15, 0.2) is 0 Å². The molecule has 1 aromatic heterocycles. The Hall–Kier alpha value is -1.01. The van der Waals surface area contributed by atoms with Crippen LogP contribution in [0.1, 0.15) is 178 Å². The van der Waals surface area contributed by atoms with E-state index < -0.39 is 0 Å². The molecule has 0 spiro atoms. The van der Waals surface area contributed by atoms with Gasteiger partial charge in [0.25, 0.3) is 0 Å². The Kier molecular flexibility index (Phi) is 8.06. The lowest BCUT2D eigenvalue weighted by molar-refractivity contribution is 0.00578. The molecule has 1 aromatic rings. The van der Waals surface area contributed by atoms with Gasteiger partial charge in [-0.05, 0) is 89.9 Å². The van der Waals surface area contributed by atoms with E-state index in [0.717, 1.165) is 0 Å². The molecule has 0 amide bonds. The second-order valence-corrected chi connectivity index (χ2v) is 16.0. The SMILES string of the molecule is CC1(C)OB(C2C3CCCCC3C(c3nc(C4CCCCC4)nc(C4CCCCC4)n3)C3CCCCC32)OC1(C)C. The van der Waals surface area contributed by atoms with Gasteiger partial charge >= 0.3 is 7.12 Å². The van der Waals surface area contributed by atoms with Crippen molar-refractivity contribution in [2.24, 2.45) is 23.7 Å². The van der Waals surface area contributed by atoms with Crippen LogP contribution < -0.4 is 0 Å². The van der Waals surface area contributed by atoms with Gasteiger partial charge in [0.1, 0.15) is 17.5 Å². The van der Waals surface area contributed by atoms with Crippen LogP contribution in [-0.2, 0) is 9.31 Å². The van der Waals surface area contributed by atoms with Crippen molar-refractivity contribution in [3.05, 3.63) is 17.5 Å². The Morgan fingerprint density at radius 2 is 0.854 bits per heavy atom. The van der Waals surface area contributed by atoms with Crippen molar-refractivity contribution in [3.8, 4) is 0 Å². The zero-order valence-electron chi connectivity index (χ0n) is 26.6. The van der Waals surface area contributed by atoms with E-state index >= 15 is 0 Å². The number of rotatable bonds is 4. The lowest BCUT2D eigenvalue weighted by Gasteiger charge is -2.55. The lowest BCUT2D eigenvalue weighted by atomic mass is 9.42. The zero-order valence-corrected chi connectivity index (χ0v) is 26.6. The van der Waals surface area contributed by atoms with Crippen molar-refractivity contribution in [1.82, 2.24) is 15.0 Å². The summed E-state index contributed by atoms with van der Waals surface area (Å²) in [6.07, 6.45) is 23.8. The topological polar surface area (TPSA) is 57.1 Å². The molecular formula is C35H56BN3O2. The Morgan fingerprint density at radius 3 is 1.29 bits per heavy atom. The first kappa shape index (κ1) is 28.7. The number of fused-ring (bicyclic) bond motifs is 2. The molecule has 0 aromatic carbocycles. The normalized spacial score (nSPS) is 37.9. The zero-order chi connectivity index (χ0) is 28.2. The van der Waals surface area contributed by atoms with Crippen molar-refractivity contribution in [3.63, 3.8) is 0 Å². The Balaban J connectivity index is 1.28. The van der Waals surface area contributed by atoms with E-state index in [2.05, 4.69) is 27.7 Å². The van der Waals surface area contributed by atoms with Gasteiger partial charge in [0.2, 0.25) is 0 Å². The third-order valence-corrected chi connectivity index (χ3v) is 13.2. The van der Waals surface area contributed by atoms with Gasteiger partial charge in [-0.15, -0.1) is 0 Å². The van der Waals surface area contributed by atoms with Gasteiger partial charge in [0.05, 0.1) is 11.2 Å². The molecule has 5 aliphatic carbocycles. The predicted molar refractivity (Wildman–Crippen MR) is 165 cm³/mol. The minimum Gasteiger partial charge on any atom is -0.403 e. The van der Waals surface area contributed by atoms with E-state index in [0.29, 0.717) is 47.2 Å². The summed E-state index contributed by atoms with van der Waals surface area (Å²) in [5.74, 6) is 8.20. The Bertz CT molecular complexity index is 989. The summed E-state index contributed by atoms with van der Waals surface area (Å²) in [5.41, 5.74) is -0.526. The van der Waals surface area contributed by atoms with Gasteiger partial charge in [-0.3, -0.25) is 0 Å². The molecule has 41 heavy (non-hydrogen) atoms. The van der Waals surface area contributed by atoms with Crippen molar-refractivity contribution < 1.29 is 9.31 Å². The second-order valence-electron chi connectivity index (χ2n) is 16.0. The maximum absolute atomic E-state index is 6.88. The molecule has 2 heterocycles. The summed E-state index contributed by atoms with van der Waals surface area (Å²) in [5, 5.41) is 0. The molecule has 5 nitrogen and oxygen atoms in total. The number of hydrogen-bond acceptors (Lipinski definition) is 5. The maximum Gasteiger partial charge on any atom is 0.461 e. The van der Waals surface area contributed by atoms with Crippen LogP contribution in [0.4, 0.5) is 0 Å². The van der Waals surface area contributed by atoms with Crippen molar-refractivity contribution >= 4 is 7.12 Å². The maximum atomic E-state index is 6.88. The monoisotopic (exact) mass is 561 g/mol. The van der Waals surface area contributed by atoms with E-state index in [4.69, 9.17) is 24.3 Å². The molecule has 0 radical (unpaired) electrons. The van der Waals surface area contributed by atoms with Crippen molar-refractivity contribution in [2.75, 3.05) is 0 Å². The molecule has 1 aliphatic heterocycles. The van der Waals surface area contributed by atoms with Crippen LogP contribution in [0.3, 0.4) is 0 Å². The third kappa shape index (κ3) is 5.34. The molecule has 0 bridgehead atoms. The van der Waals surface area contributed by atoms with Crippen LogP contribution in [0.5, 0.6) is 0 Å². The van der Waals surface area contributed by atoms with E-state index in [1.807, 2.05) is 0 Å². The molecule has 4 unspecified atom stereocenters. The molecule has 5 saturated carbocycles. The molecule has 6 heteroatoms. The lowest BCUT2D eigenvalue weighted by Crippen LogP contribution is -2.51. The minimum atomic E-state index is -0.263. The van der Waals surface area contributed by atoms with Gasteiger partial charge in [-0.25, -0.2) is 15.0 Å². The first-order valence-corrected chi connectivity index (χ1v) is 17.9. The summed E-state index contributed by atoms with van der Waals surface area (Å²) in [6.45, 7) is 8.94. The Morgan fingerprint density at radius 1 is 0.488 bits per heavy atom. The quantitative estimate of drug-likeness (QED) is 0.343. The van der Waals surface area contributed by atoms with E-state index in [1.165, 1.54) is 133 Å².